The maximum absolute atomic E-state index is 13.8. The first-order chi connectivity index (χ1) is 10.3. The second-order valence-corrected chi connectivity index (χ2v) is 7.58. The van der Waals surface area contributed by atoms with E-state index in [2.05, 4.69) is 10.6 Å². The Morgan fingerprint density at radius 1 is 1.32 bits per heavy atom. The molecule has 22 heavy (non-hydrogen) atoms. The maximum atomic E-state index is 13.8. The summed E-state index contributed by atoms with van der Waals surface area (Å²) in [7, 11) is 0. The second-order valence-electron chi connectivity index (χ2n) is 6.35. The highest BCUT2D eigenvalue weighted by Crippen LogP contribution is 2.24. The molecule has 0 saturated carbocycles. The number of thioether (sulfide) groups is 1. The molecule has 0 spiro atoms. The predicted octanol–water partition coefficient (Wildman–Crippen LogP) is 4.48. The SMILES string of the molecule is CC(C)(C)OC(=O)Nc1cc(NC2CCSCC2)ccc1F. The van der Waals surface area contributed by atoms with Crippen LogP contribution in [0.1, 0.15) is 33.6 Å². The minimum absolute atomic E-state index is 0.129. The molecule has 4 nitrogen and oxygen atoms in total. The molecule has 1 heterocycles. The molecule has 0 bridgehead atoms. The number of carbonyl (C=O) groups excluding carboxylic acids is 1. The van der Waals surface area contributed by atoms with Crippen LogP contribution < -0.4 is 10.6 Å². The molecule has 2 N–H and O–H groups in total. The summed E-state index contributed by atoms with van der Waals surface area (Å²) in [5.41, 5.74) is 0.324. The largest absolute Gasteiger partial charge is 0.444 e. The average Bonchev–Trinajstić information content (AvgIpc) is 2.41. The minimum atomic E-state index is -0.655. The van der Waals surface area contributed by atoms with E-state index in [1.807, 2.05) is 11.8 Å². The number of halogens is 1. The smallest absolute Gasteiger partial charge is 0.412 e. The fourth-order valence-electron chi connectivity index (χ4n) is 2.20. The summed E-state index contributed by atoms with van der Waals surface area (Å²) >= 11 is 1.95. The minimum Gasteiger partial charge on any atom is -0.444 e. The zero-order valence-electron chi connectivity index (χ0n) is 13.2. The number of hydrogen-bond donors (Lipinski definition) is 2. The molecule has 1 aliphatic rings. The lowest BCUT2D eigenvalue weighted by Gasteiger charge is -2.24. The van der Waals surface area contributed by atoms with Gasteiger partial charge < -0.3 is 10.1 Å². The number of hydrogen-bond acceptors (Lipinski definition) is 4. The van der Waals surface area contributed by atoms with E-state index in [1.54, 1.807) is 32.9 Å². The second kappa shape index (κ2) is 7.22. The van der Waals surface area contributed by atoms with E-state index in [0.29, 0.717) is 6.04 Å². The topological polar surface area (TPSA) is 50.4 Å². The van der Waals surface area contributed by atoms with Crippen LogP contribution in [0.2, 0.25) is 0 Å². The molecule has 1 aliphatic heterocycles. The summed E-state index contributed by atoms with van der Waals surface area (Å²) in [6.45, 7) is 5.30. The molecule has 122 valence electrons. The highest BCUT2D eigenvalue weighted by atomic mass is 32.2. The van der Waals surface area contributed by atoms with E-state index >= 15 is 0 Å². The first kappa shape index (κ1) is 16.9. The molecule has 2 rings (SSSR count). The van der Waals surface area contributed by atoms with Gasteiger partial charge in [0.1, 0.15) is 11.4 Å². The number of benzene rings is 1. The Labute approximate surface area is 135 Å². The number of ether oxygens (including phenoxy) is 1. The third-order valence-electron chi connectivity index (χ3n) is 3.19. The summed E-state index contributed by atoms with van der Waals surface area (Å²) in [6.07, 6.45) is 1.53. The van der Waals surface area contributed by atoms with Crippen LogP contribution in [0.25, 0.3) is 0 Å². The van der Waals surface area contributed by atoms with Gasteiger partial charge in [0.05, 0.1) is 5.69 Å². The van der Waals surface area contributed by atoms with Gasteiger partial charge in [0.2, 0.25) is 0 Å². The quantitative estimate of drug-likeness (QED) is 0.860. The van der Waals surface area contributed by atoms with Crippen molar-refractivity contribution in [2.75, 3.05) is 22.1 Å². The van der Waals surface area contributed by atoms with Gasteiger partial charge in [-0.25, -0.2) is 9.18 Å². The van der Waals surface area contributed by atoms with E-state index in [9.17, 15) is 9.18 Å². The van der Waals surface area contributed by atoms with Gasteiger partial charge in [-0.05, 0) is 63.3 Å². The molecule has 0 atom stereocenters. The van der Waals surface area contributed by atoms with Gasteiger partial charge in [0, 0.05) is 11.7 Å². The molecule has 0 aromatic heterocycles. The lowest BCUT2D eigenvalue weighted by Crippen LogP contribution is -2.27. The summed E-state index contributed by atoms with van der Waals surface area (Å²) in [6, 6.07) is 5.06. The van der Waals surface area contributed by atoms with Crippen molar-refractivity contribution in [1.29, 1.82) is 0 Å². The van der Waals surface area contributed by atoms with Gasteiger partial charge in [0.15, 0.2) is 0 Å². The predicted molar refractivity (Wildman–Crippen MR) is 90.2 cm³/mol. The molecule has 1 amide bonds. The van der Waals surface area contributed by atoms with Crippen molar-refractivity contribution in [2.24, 2.45) is 0 Å². The summed E-state index contributed by atoms with van der Waals surface area (Å²) in [4.78, 5) is 11.8. The van der Waals surface area contributed by atoms with Crippen molar-refractivity contribution in [2.45, 2.75) is 45.3 Å². The molecule has 1 saturated heterocycles. The number of rotatable bonds is 3. The van der Waals surface area contributed by atoms with E-state index < -0.39 is 17.5 Å². The molecule has 0 aliphatic carbocycles. The van der Waals surface area contributed by atoms with Crippen LogP contribution in [-0.4, -0.2) is 29.2 Å². The van der Waals surface area contributed by atoms with Crippen molar-refractivity contribution in [3.63, 3.8) is 0 Å². The number of amides is 1. The Morgan fingerprint density at radius 2 is 2.00 bits per heavy atom. The molecule has 1 aromatic carbocycles. The van der Waals surface area contributed by atoms with Crippen molar-refractivity contribution in [1.82, 2.24) is 0 Å². The van der Waals surface area contributed by atoms with Crippen LogP contribution in [-0.2, 0) is 4.74 Å². The number of nitrogens with one attached hydrogen (secondary N) is 2. The van der Waals surface area contributed by atoms with E-state index in [0.717, 1.165) is 30.0 Å². The fraction of sp³-hybridized carbons (Fsp3) is 0.562. The summed E-state index contributed by atoms with van der Waals surface area (Å²) in [5.74, 6) is 1.81. The van der Waals surface area contributed by atoms with Crippen molar-refractivity contribution in [3.05, 3.63) is 24.0 Å². The number of anilines is 2. The van der Waals surface area contributed by atoms with Gasteiger partial charge in [0.25, 0.3) is 0 Å². The van der Waals surface area contributed by atoms with Gasteiger partial charge in [-0.15, -0.1) is 0 Å². The summed E-state index contributed by atoms with van der Waals surface area (Å²) in [5, 5.41) is 5.86. The van der Waals surface area contributed by atoms with Crippen LogP contribution >= 0.6 is 11.8 Å². The molecule has 1 fully saturated rings. The molecule has 1 aromatic rings. The Bertz CT molecular complexity index is 525. The lowest BCUT2D eigenvalue weighted by atomic mass is 10.1. The maximum Gasteiger partial charge on any atom is 0.412 e. The first-order valence-electron chi connectivity index (χ1n) is 7.47. The zero-order valence-corrected chi connectivity index (χ0v) is 14.1. The molecular formula is C16H23FN2O2S. The molecule has 0 radical (unpaired) electrons. The summed E-state index contributed by atoms with van der Waals surface area (Å²) < 4.78 is 19.0. The Hall–Kier alpha value is -1.43. The van der Waals surface area contributed by atoms with Gasteiger partial charge >= 0.3 is 6.09 Å². The molecular weight excluding hydrogens is 303 g/mol. The third kappa shape index (κ3) is 5.40. The Morgan fingerprint density at radius 3 is 2.64 bits per heavy atom. The van der Waals surface area contributed by atoms with Crippen LogP contribution in [0.15, 0.2) is 18.2 Å². The third-order valence-corrected chi connectivity index (χ3v) is 4.24. The van der Waals surface area contributed by atoms with Crippen molar-refractivity contribution >= 4 is 29.2 Å². The Kier molecular flexibility index (Phi) is 5.56. The highest BCUT2D eigenvalue weighted by Gasteiger charge is 2.18. The lowest BCUT2D eigenvalue weighted by molar-refractivity contribution is 0.0635. The highest BCUT2D eigenvalue weighted by molar-refractivity contribution is 7.99. The fourth-order valence-corrected chi connectivity index (χ4v) is 3.31. The monoisotopic (exact) mass is 326 g/mol. The van der Waals surface area contributed by atoms with E-state index in [1.165, 1.54) is 6.07 Å². The molecule has 0 unspecified atom stereocenters. The van der Waals surface area contributed by atoms with Crippen LogP contribution in [0, 0.1) is 5.82 Å². The standard InChI is InChI=1S/C16H23FN2O2S/c1-16(2,3)21-15(20)19-14-10-12(4-5-13(14)17)18-11-6-8-22-9-7-11/h4-5,10-11,18H,6-9H2,1-3H3,(H,19,20). The van der Waals surface area contributed by atoms with Crippen molar-refractivity contribution < 1.29 is 13.9 Å². The van der Waals surface area contributed by atoms with Gasteiger partial charge in [-0.1, -0.05) is 0 Å². The van der Waals surface area contributed by atoms with E-state index in [-0.39, 0.29) is 5.69 Å². The van der Waals surface area contributed by atoms with Crippen LogP contribution in [0.4, 0.5) is 20.6 Å². The van der Waals surface area contributed by atoms with Gasteiger partial charge in [-0.2, -0.15) is 11.8 Å². The first-order valence-corrected chi connectivity index (χ1v) is 8.63. The normalized spacial score (nSPS) is 16.2. The Balaban J connectivity index is 2.01. The van der Waals surface area contributed by atoms with Crippen molar-refractivity contribution in [3.8, 4) is 0 Å². The van der Waals surface area contributed by atoms with Crippen LogP contribution in [0.3, 0.4) is 0 Å². The number of carbonyl (C=O) groups is 1. The average molecular weight is 326 g/mol. The van der Waals surface area contributed by atoms with Crippen LogP contribution in [0.5, 0.6) is 0 Å². The van der Waals surface area contributed by atoms with E-state index in [4.69, 9.17) is 4.74 Å². The molecule has 6 heteroatoms. The zero-order chi connectivity index (χ0) is 16.2. The van der Waals surface area contributed by atoms with Gasteiger partial charge in [-0.3, -0.25) is 5.32 Å².